The van der Waals surface area contributed by atoms with E-state index in [4.69, 9.17) is 4.74 Å². The summed E-state index contributed by atoms with van der Waals surface area (Å²) >= 11 is 1.72. The maximum Gasteiger partial charge on any atom is 0.192 e. The van der Waals surface area contributed by atoms with Crippen LogP contribution in [-0.2, 0) is 11.3 Å². The summed E-state index contributed by atoms with van der Waals surface area (Å²) in [5, 5.41) is 11.4. The second-order valence-corrected chi connectivity index (χ2v) is 7.68. The van der Waals surface area contributed by atoms with Crippen molar-refractivity contribution in [3.63, 3.8) is 0 Å². The zero-order valence-electron chi connectivity index (χ0n) is 15.4. The van der Waals surface area contributed by atoms with Gasteiger partial charge in [0, 0.05) is 35.0 Å². The third-order valence-electron chi connectivity index (χ3n) is 4.62. The number of hydrogen-bond acceptors (Lipinski definition) is 4. The molecule has 0 unspecified atom stereocenters. The zero-order valence-corrected chi connectivity index (χ0v) is 16.2. The van der Waals surface area contributed by atoms with Crippen LogP contribution in [0.15, 0.2) is 66.0 Å². The summed E-state index contributed by atoms with van der Waals surface area (Å²) in [6.45, 7) is 3.52. The minimum Gasteiger partial charge on any atom is -0.383 e. The molecule has 0 fully saturated rings. The minimum absolute atomic E-state index is 0.285. The first-order chi connectivity index (χ1) is 13.3. The Bertz CT molecular complexity index is 1030. The average molecular weight is 379 g/mol. The molecule has 27 heavy (non-hydrogen) atoms. The van der Waals surface area contributed by atoms with E-state index in [0.29, 0.717) is 13.2 Å². The van der Waals surface area contributed by atoms with Crippen molar-refractivity contribution < 1.29 is 4.74 Å². The Morgan fingerprint density at radius 1 is 1.07 bits per heavy atom. The van der Waals surface area contributed by atoms with Crippen LogP contribution in [0.3, 0.4) is 0 Å². The van der Waals surface area contributed by atoms with Gasteiger partial charge in [0.1, 0.15) is 0 Å². The second-order valence-electron chi connectivity index (χ2n) is 6.37. The number of thioether (sulfide) groups is 1. The van der Waals surface area contributed by atoms with Crippen LogP contribution in [0.2, 0.25) is 0 Å². The highest BCUT2D eigenvalue weighted by Gasteiger charge is 2.19. The molecule has 4 aromatic rings. The molecule has 0 radical (unpaired) electrons. The first kappa shape index (κ1) is 17.8. The van der Waals surface area contributed by atoms with Gasteiger partial charge >= 0.3 is 0 Å². The highest BCUT2D eigenvalue weighted by molar-refractivity contribution is 7.99. The Kier molecular flexibility index (Phi) is 5.27. The zero-order chi connectivity index (χ0) is 18.6. The van der Waals surface area contributed by atoms with Crippen LogP contribution in [-0.4, -0.2) is 33.5 Å². The molecule has 0 amide bonds. The van der Waals surface area contributed by atoms with Gasteiger partial charge in [0.15, 0.2) is 11.0 Å². The molecule has 0 bridgehead atoms. The molecule has 2 aromatic carbocycles. The standard InChI is InChI=1S/C21H22N4OS/c1-15(16-8-4-3-5-9-16)27-21-24-23-20(25(21)12-13-26-2)18-14-22-19-11-7-6-10-17(18)19/h3-11,14-15,22H,12-13H2,1-2H3/t15-/m1/s1. The van der Waals surface area contributed by atoms with E-state index in [1.807, 2.05) is 24.4 Å². The molecule has 6 heteroatoms. The lowest BCUT2D eigenvalue weighted by molar-refractivity contribution is 0.185. The quantitative estimate of drug-likeness (QED) is 0.464. The van der Waals surface area contributed by atoms with Crippen molar-refractivity contribution in [2.75, 3.05) is 13.7 Å². The highest BCUT2D eigenvalue weighted by atomic mass is 32.2. The third-order valence-corrected chi connectivity index (χ3v) is 5.76. The molecule has 0 aliphatic heterocycles. The molecular formula is C21H22N4OS. The number of nitrogens with zero attached hydrogens (tertiary/aromatic N) is 3. The summed E-state index contributed by atoms with van der Waals surface area (Å²) in [7, 11) is 1.72. The van der Waals surface area contributed by atoms with Crippen molar-refractivity contribution in [3.05, 3.63) is 66.4 Å². The van der Waals surface area contributed by atoms with Crippen LogP contribution in [0.5, 0.6) is 0 Å². The Morgan fingerprint density at radius 3 is 2.67 bits per heavy atom. The molecule has 138 valence electrons. The fourth-order valence-corrected chi connectivity index (χ4v) is 4.17. The van der Waals surface area contributed by atoms with E-state index in [9.17, 15) is 0 Å². The fourth-order valence-electron chi connectivity index (χ4n) is 3.17. The summed E-state index contributed by atoms with van der Waals surface area (Å²) < 4.78 is 7.48. The van der Waals surface area contributed by atoms with Crippen LogP contribution in [0, 0.1) is 0 Å². The lowest BCUT2D eigenvalue weighted by Gasteiger charge is -2.13. The number of nitrogens with one attached hydrogen (secondary N) is 1. The maximum absolute atomic E-state index is 5.33. The molecule has 5 nitrogen and oxygen atoms in total. The molecule has 1 atom stereocenters. The summed E-state index contributed by atoms with van der Waals surface area (Å²) in [5.74, 6) is 0.868. The van der Waals surface area contributed by atoms with E-state index < -0.39 is 0 Å². The molecule has 2 heterocycles. The van der Waals surface area contributed by atoms with Crippen molar-refractivity contribution in [3.8, 4) is 11.4 Å². The first-order valence-corrected chi connectivity index (χ1v) is 9.86. The Labute approximate surface area is 162 Å². The van der Waals surface area contributed by atoms with Gasteiger partial charge in [-0.1, -0.05) is 60.3 Å². The summed E-state index contributed by atoms with van der Waals surface area (Å²) in [5.41, 5.74) is 3.44. The Balaban J connectivity index is 1.71. The van der Waals surface area contributed by atoms with Crippen molar-refractivity contribution in [2.24, 2.45) is 0 Å². The van der Waals surface area contributed by atoms with Crippen LogP contribution in [0.25, 0.3) is 22.3 Å². The smallest absolute Gasteiger partial charge is 0.192 e. The van der Waals surface area contributed by atoms with E-state index in [-0.39, 0.29) is 5.25 Å². The Morgan fingerprint density at radius 2 is 1.85 bits per heavy atom. The van der Waals surface area contributed by atoms with Gasteiger partial charge in [-0.05, 0) is 18.6 Å². The molecule has 0 aliphatic carbocycles. The predicted molar refractivity (Wildman–Crippen MR) is 110 cm³/mol. The Hall–Kier alpha value is -2.57. The fraction of sp³-hybridized carbons (Fsp3) is 0.238. The van der Waals surface area contributed by atoms with Crippen LogP contribution >= 0.6 is 11.8 Å². The normalized spacial score (nSPS) is 12.5. The van der Waals surface area contributed by atoms with E-state index in [1.54, 1.807) is 18.9 Å². The third kappa shape index (κ3) is 3.63. The average Bonchev–Trinajstić information content (AvgIpc) is 3.30. The number of aromatic nitrogens is 4. The van der Waals surface area contributed by atoms with Crippen molar-refractivity contribution >= 4 is 22.7 Å². The van der Waals surface area contributed by atoms with E-state index in [1.165, 1.54) is 5.56 Å². The largest absolute Gasteiger partial charge is 0.383 e. The van der Waals surface area contributed by atoms with Crippen LogP contribution < -0.4 is 0 Å². The van der Waals surface area contributed by atoms with Crippen LogP contribution in [0.4, 0.5) is 0 Å². The van der Waals surface area contributed by atoms with Gasteiger partial charge in [-0.3, -0.25) is 4.57 Å². The molecule has 0 saturated carbocycles. The van der Waals surface area contributed by atoms with Gasteiger partial charge in [-0.2, -0.15) is 0 Å². The predicted octanol–water partition coefficient (Wildman–Crippen LogP) is 4.93. The summed E-state index contributed by atoms with van der Waals surface area (Å²) in [4.78, 5) is 3.33. The number of rotatable bonds is 7. The number of H-pyrrole nitrogens is 1. The maximum atomic E-state index is 5.33. The van der Waals surface area contributed by atoms with E-state index in [0.717, 1.165) is 27.4 Å². The highest BCUT2D eigenvalue weighted by Crippen LogP contribution is 2.36. The topological polar surface area (TPSA) is 55.7 Å². The first-order valence-electron chi connectivity index (χ1n) is 8.98. The summed E-state index contributed by atoms with van der Waals surface area (Å²) in [6.07, 6.45) is 2.01. The van der Waals surface area contributed by atoms with Gasteiger partial charge in [0.25, 0.3) is 0 Å². The number of methoxy groups -OCH3 is 1. The molecule has 2 aromatic heterocycles. The molecule has 4 rings (SSSR count). The van der Waals surface area contributed by atoms with Gasteiger partial charge in [-0.15, -0.1) is 10.2 Å². The van der Waals surface area contributed by atoms with E-state index >= 15 is 0 Å². The van der Waals surface area contributed by atoms with Gasteiger partial charge in [-0.25, -0.2) is 0 Å². The molecule has 0 aliphatic rings. The van der Waals surface area contributed by atoms with Crippen molar-refractivity contribution in [1.29, 1.82) is 0 Å². The second kappa shape index (κ2) is 7.98. The number of fused-ring (bicyclic) bond motifs is 1. The van der Waals surface area contributed by atoms with Gasteiger partial charge < -0.3 is 9.72 Å². The molecule has 0 spiro atoms. The molecular weight excluding hydrogens is 356 g/mol. The van der Waals surface area contributed by atoms with Gasteiger partial charge in [0.2, 0.25) is 0 Å². The van der Waals surface area contributed by atoms with Crippen LogP contribution in [0.1, 0.15) is 17.7 Å². The number of ether oxygens (including phenoxy) is 1. The van der Waals surface area contributed by atoms with Gasteiger partial charge in [0.05, 0.1) is 13.2 Å². The van der Waals surface area contributed by atoms with E-state index in [2.05, 4.69) is 63.1 Å². The van der Waals surface area contributed by atoms with Crippen molar-refractivity contribution in [2.45, 2.75) is 23.9 Å². The lowest BCUT2D eigenvalue weighted by Crippen LogP contribution is -2.08. The lowest BCUT2D eigenvalue weighted by atomic mass is 10.1. The minimum atomic E-state index is 0.285. The number of aromatic amines is 1. The summed E-state index contributed by atoms with van der Waals surface area (Å²) in [6, 6.07) is 18.7. The van der Waals surface area contributed by atoms with Crippen molar-refractivity contribution in [1.82, 2.24) is 19.7 Å². The molecule has 1 N–H and O–H groups in total. The SMILES string of the molecule is COCCn1c(S[C@H](C)c2ccccc2)nnc1-c1c[nH]c2ccccc12. The number of benzene rings is 2. The monoisotopic (exact) mass is 378 g/mol. The number of para-hydroxylation sites is 1. The molecule has 0 saturated heterocycles. The number of hydrogen-bond donors (Lipinski definition) is 1.